The molecule has 0 saturated heterocycles. The third-order valence-electron chi connectivity index (χ3n) is 2.18. The second-order valence-electron chi connectivity index (χ2n) is 3.38. The van der Waals surface area contributed by atoms with Crippen LogP contribution in [0.1, 0.15) is 30.3 Å². The van der Waals surface area contributed by atoms with E-state index in [-0.39, 0.29) is 11.7 Å². The predicted molar refractivity (Wildman–Crippen MR) is 59.2 cm³/mol. The molecule has 1 aromatic heterocycles. The SMILES string of the molecule is CCOCCN(C)C(=O)c1n[nH]c(CC)n1. The molecule has 1 heterocycles. The number of nitrogens with one attached hydrogen (secondary N) is 1. The van der Waals surface area contributed by atoms with Gasteiger partial charge in [0.1, 0.15) is 5.82 Å². The lowest BCUT2D eigenvalue weighted by molar-refractivity contribution is 0.0699. The molecule has 0 aliphatic carbocycles. The maximum absolute atomic E-state index is 11.8. The highest BCUT2D eigenvalue weighted by molar-refractivity contribution is 5.90. The number of carbonyl (C=O) groups excluding carboxylic acids is 1. The highest BCUT2D eigenvalue weighted by Gasteiger charge is 2.16. The smallest absolute Gasteiger partial charge is 0.293 e. The van der Waals surface area contributed by atoms with Crippen LogP contribution in [-0.2, 0) is 11.2 Å². The molecule has 1 N–H and O–H groups in total. The van der Waals surface area contributed by atoms with Crippen LogP contribution in [0.4, 0.5) is 0 Å². The van der Waals surface area contributed by atoms with Gasteiger partial charge in [-0.3, -0.25) is 9.89 Å². The van der Waals surface area contributed by atoms with Crippen LogP contribution in [0.3, 0.4) is 0 Å². The van der Waals surface area contributed by atoms with Gasteiger partial charge >= 0.3 is 0 Å². The molecule has 16 heavy (non-hydrogen) atoms. The Labute approximate surface area is 95.0 Å². The van der Waals surface area contributed by atoms with E-state index in [1.165, 1.54) is 0 Å². The maximum atomic E-state index is 11.8. The number of aromatic amines is 1. The lowest BCUT2D eigenvalue weighted by Gasteiger charge is -2.14. The average molecular weight is 226 g/mol. The Morgan fingerprint density at radius 3 is 2.81 bits per heavy atom. The van der Waals surface area contributed by atoms with Gasteiger partial charge < -0.3 is 9.64 Å². The van der Waals surface area contributed by atoms with Gasteiger partial charge in [-0.1, -0.05) is 6.92 Å². The van der Waals surface area contributed by atoms with Crippen molar-refractivity contribution in [1.29, 1.82) is 0 Å². The highest BCUT2D eigenvalue weighted by atomic mass is 16.5. The number of aryl methyl sites for hydroxylation is 1. The quantitative estimate of drug-likeness (QED) is 0.716. The molecule has 0 bridgehead atoms. The average Bonchev–Trinajstić information content (AvgIpc) is 2.76. The van der Waals surface area contributed by atoms with Gasteiger partial charge in [0.25, 0.3) is 5.91 Å². The first-order chi connectivity index (χ1) is 7.69. The molecule has 0 saturated carbocycles. The zero-order valence-electron chi connectivity index (χ0n) is 9.99. The number of rotatable bonds is 6. The number of amides is 1. The van der Waals surface area contributed by atoms with Crippen LogP contribution in [0.25, 0.3) is 0 Å². The van der Waals surface area contributed by atoms with E-state index in [0.717, 1.165) is 12.2 Å². The van der Waals surface area contributed by atoms with Crippen LogP contribution in [0, 0.1) is 0 Å². The molecule has 0 atom stereocenters. The van der Waals surface area contributed by atoms with Crippen molar-refractivity contribution in [2.45, 2.75) is 20.3 Å². The predicted octanol–water partition coefficient (Wildman–Crippen LogP) is 0.476. The molecular weight excluding hydrogens is 208 g/mol. The Morgan fingerprint density at radius 2 is 2.25 bits per heavy atom. The minimum absolute atomic E-state index is 0.185. The number of hydrogen-bond acceptors (Lipinski definition) is 4. The van der Waals surface area contributed by atoms with Gasteiger partial charge in [-0.25, -0.2) is 4.98 Å². The zero-order chi connectivity index (χ0) is 12.0. The van der Waals surface area contributed by atoms with Crippen molar-refractivity contribution in [3.63, 3.8) is 0 Å². The number of nitrogens with zero attached hydrogens (tertiary/aromatic N) is 3. The minimum Gasteiger partial charge on any atom is -0.380 e. The second kappa shape index (κ2) is 6.22. The van der Waals surface area contributed by atoms with E-state index in [0.29, 0.717) is 19.8 Å². The summed E-state index contributed by atoms with van der Waals surface area (Å²) in [6.45, 7) is 5.60. The van der Waals surface area contributed by atoms with E-state index < -0.39 is 0 Å². The Balaban J connectivity index is 2.49. The van der Waals surface area contributed by atoms with Crippen molar-refractivity contribution in [3.8, 4) is 0 Å². The van der Waals surface area contributed by atoms with Gasteiger partial charge in [0.15, 0.2) is 0 Å². The molecule has 0 aromatic carbocycles. The maximum Gasteiger partial charge on any atom is 0.293 e. The summed E-state index contributed by atoms with van der Waals surface area (Å²) in [6.07, 6.45) is 0.739. The highest BCUT2D eigenvalue weighted by Crippen LogP contribution is 1.98. The van der Waals surface area contributed by atoms with Gasteiger partial charge in [-0.15, -0.1) is 5.10 Å². The third kappa shape index (κ3) is 3.30. The first-order valence-electron chi connectivity index (χ1n) is 5.43. The van der Waals surface area contributed by atoms with Crippen molar-refractivity contribution in [1.82, 2.24) is 20.1 Å². The van der Waals surface area contributed by atoms with Gasteiger partial charge in [0.2, 0.25) is 5.82 Å². The van der Waals surface area contributed by atoms with Crippen LogP contribution >= 0.6 is 0 Å². The fourth-order valence-corrected chi connectivity index (χ4v) is 1.17. The first-order valence-corrected chi connectivity index (χ1v) is 5.43. The van der Waals surface area contributed by atoms with Crippen LogP contribution in [-0.4, -0.2) is 52.8 Å². The topological polar surface area (TPSA) is 71.1 Å². The fraction of sp³-hybridized carbons (Fsp3) is 0.700. The largest absolute Gasteiger partial charge is 0.380 e. The van der Waals surface area contributed by atoms with Crippen LogP contribution in [0.15, 0.2) is 0 Å². The summed E-state index contributed by atoms with van der Waals surface area (Å²) in [5.74, 6) is 0.757. The molecule has 0 aliphatic heterocycles. The summed E-state index contributed by atoms with van der Waals surface area (Å²) < 4.78 is 5.17. The molecule has 0 aliphatic rings. The zero-order valence-corrected chi connectivity index (χ0v) is 9.99. The van der Waals surface area contributed by atoms with Crippen molar-refractivity contribution in [3.05, 3.63) is 11.6 Å². The molecule has 0 radical (unpaired) electrons. The summed E-state index contributed by atoms with van der Waals surface area (Å²) in [5.41, 5.74) is 0. The standard InChI is InChI=1S/C10H18N4O2/c1-4-8-11-9(13-12-8)10(15)14(3)6-7-16-5-2/h4-7H2,1-3H3,(H,11,12,13). The molecule has 1 rings (SSSR count). The molecule has 6 heteroatoms. The number of hydrogen-bond donors (Lipinski definition) is 1. The van der Waals surface area contributed by atoms with Gasteiger partial charge in [-0.05, 0) is 6.92 Å². The number of carbonyl (C=O) groups is 1. The number of H-pyrrole nitrogens is 1. The molecule has 0 fully saturated rings. The molecule has 90 valence electrons. The Morgan fingerprint density at radius 1 is 1.50 bits per heavy atom. The number of aromatic nitrogens is 3. The van der Waals surface area contributed by atoms with Crippen molar-refractivity contribution in [2.75, 3.05) is 26.8 Å². The number of ether oxygens (including phenoxy) is 1. The molecule has 0 unspecified atom stereocenters. The summed E-state index contributed by atoms with van der Waals surface area (Å²) in [7, 11) is 1.71. The van der Waals surface area contributed by atoms with Crippen LogP contribution < -0.4 is 0 Å². The lowest BCUT2D eigenvalue weighted by atomic mass is 10.4. The molecular formula is C10H18N4O2. The molecule has 0 spiro atoms. The van der Waals surface area contributed by atoms with Gasteiger partial charge in [0.05, 0.1) is 6.61 Å². The summed E-state index contributed by atoms with van der Waals surface area (Å²) in [6, 6.07) is 0. The minimum atomic E-state index is -0.185. The first kappa shape index (κ1) is 12.6. The van der Waals surface area contributed by atoms with Crippen LogP contribution in [0.5, 0.6) is 0 Å². The van der Waals surface area contributed by atoms with E-state index in [1.54, 1.807) is 11.9 Å². The van der Waals surface area contributed by atoms with Gasteiger partial charge in [0, 0.05) is 26.6 Å². The Kier molecular flexibility index (Phi) is 4.91. The van der Waals surface area contributed by atoms with Crippen molar-refractivity contribution < 1.29 is 9.53 Å². The lowest BCUT2D eigenvalue weighted by Crippen LogP contribution is -2.31. The van der Waals surface area contributed by atoms with Crippen molar-refractivity contribution >= 4 is 5.91 Å². The normalized spacial score (nSPS) is 10.4. The molecule has 1 amide bonds. The third-order valence-corrected chi connectivity index (χ3v) is 2.18. The fourth-order valence-electron chi connectivity index (χ4n) is 1.17. The summed E-state index contributed by atoms with van der Waals surface area (Å²) >= 11 is 0. The van der Waals surface area contributed by atoms with E-state index in [2.05, 4.69) is 15.2 Å². The molecule has 6 nitrogen and oxygen atoms in total. The van der Waals surface area contributed by atoms with Crippen LogP contribution in [0.2, 0.25) is 0 Å². The van der Waals surface area contributed by atoms with E-state index >= 15 is 0 Å². The van der Waals surface area contributed by atoms with E-state index in [1.807, 2.05) is 13.8 Å². The molecule has 1 aromatic rings. The van der Waals surface area contributed by atoms with E-state index in [4.69, 9.17) is 4.74 Å². The summed E-state index contributed by atoms with van der Waals surface area (Å²) in [5, 5.41) is 6.59. The Hall–Kier alpha value is -1.43. The second-order valence-corrected chi connectivity index (χ2v) is 3.38. The van der Waals surface area contributed by atoms with E-state index in [9.17, 15) is 4.79 Å². The van der Waals surface area contributed by atoms with Gasteiger partial charge in [-0.2, -0.15) is 0 Å². The number of likely N-dealkylation sites (N-methyl/N-ethyl adjacent to an activating group) is 1. The Bertz CT molecular complexity index is 337. The monoisotopic (exact) mass is 226 g/mol. The van der Waals surface area contributed by atoms with Crippen molar-refractivity contribution in [2.24, 2.45) is 0 Å². The summed E-state index contributed by atoms with van der Waals surface area (Å²) in [4.78, 5) is 17.4.